The minimum absolute atomic E-state index is 0.251. The third-order valence-corrected chi connectivity index (χ3v) is 3.96. The number of carbonyl (C=O) groups is 2. The van der Waals surface area contributed by atoms with Crippen molar-refractivity contribution in [2.45, 2.75) is 33.0 Å². The number of hydrogen-bond acceptors (Lipinski definition) is 4. The first-order chi connectivity index (χ1) is 13.6. The van der Waals surface area contributed by atoms with Gasteiger partial charge in [-0.25, -0.2) is 4.98 Å². The summed E-state index contributed by atoms with van der Waals surface area (Å²) in [5, 5.41) is 4.95. The fourth-order valence-corrected chi connectivity index (χ4v) is 2.56. The fraction of sp³-hybridized carbons (Fsp3) is 0.350. The van der Waals surface area contributed by atoms with Crippen LogP contribution in [-0.4, -0.2) is 29.4 Å². The molecule has 2 aromatic rings. The number of carbonyl (C=O) groups excluding carboxylic acids is 2. The van der Waals surface area contributed by atoms with Gasteiger partial charge in [-0.15, -0.1) is 0 Å². The Kier molecular flexibility index (Phi) is 7.19. The van der Waals surface area contributed by atoms with Crippen LogP contribution >= 0.6 is 0 Å². The average Bonchev–Trinajstić information content (AvgIpc) is 2.65. The molecule has 1 heterocycles. The second kappa shape index (κ2) is 9.40. The highest BCUT2D eigenvalue weighted by Crippen LogP contribution is 2.28. The van der Waals surface area contributed by atoms with Crippen molar-refractivity contribution in [1.82, 2.24) is 10.3 Å². The van der Waals surface area contributed by atoms with E-state index in [2.05, 4.69) is 15.6 Å². The van der Waals surface area contributed by atoms with Gasteiger partial charge >= 0.3 is 6.18 Å². The van der Waals surface area contributed by atoms with Gasteiger partial charge in [0.05, 0.1) is 12.2 Å². The van der Waals surface area contributed by atoms with Gasteiger partial charge in [0.2, 0.25) is 5.91 Å². The normalized spacial score (nSPS) is 12.4. The van der Waals surface area contributed by atoms with E-state index < -0.39 is 29.7 Å². The lowest BCUT2D eigenvalue weighted by Crippen LogP contribution is -2.47. The summed E-state index contributed by atoms with van der Waals surface area (Å²) < 4.78 is 43.8. The maximum atomic E-state index is 12.8. The van der Waals surface area contributed by atoms with Gasteiger partial charge in [0.1, 0.15) is 23.3 Å². The van der Waals surface area contributed by atoms with Gasteiger partial charge in [-0.3, -0.25) is 9.59 Å². The maximum absolute atomic E-state index is 12.8. The molecule has 29 heavy (non-hydrogen) atoms. The summed E-state index contributed by atoms with van der Waals surface area (Å²) in [5.74, 6) is -1.41. The Bertz CT molecular complexity index is 869. The van der Waals surface area contributed by atoms with Crippen LogP contribution in [0.5, 0.6) is 5.75 Å². The molecule has 0 aliphatic carbocycles. The van der Waals surface area contributed by atoms with Crippen LogP contribution < -0.4 is 15.4 Å². The Morgan fingerprint density at radius 3 is 2.41 bits per heavy atom. The molecule has 1 aromatic heterocycles. The highest BCUT2D eigenvalue weighted by Gasteiger charge is 2.33. The second-order valence-corrected chi connectivity index (χ2v) is 6.52. The Morgan fingerprint density at radius 1 is 1.10 bits per heavy atom. The summed E-state index contributed by atoms with van der Waals surface area (Å²) in [4.78, 5) is 28.7. The Balaban J connectivity index is 2.18. The van der Waals surface area contributed by atoms with Gasteiger partial charge in [0.25, 0.3) is 5.91 Å². The van der Waals surface area contributed by atoms with Crippen molar-refractivity contribution >= 4 is 17.6 Å². The summed E-state index contributed by atoms with van der Waals surface area (Å²) in [6.45, 7) is 5.55. The van der Waals surface area contributed by atoms with Crippen LogP contribution in [0.15, 0.2) is 42.5 Å². The molecule has 0 aliphatic rings. The predicted molar refractivity (Wildman–Crippen MR) is 102 cm³/mol. The van der Waals surface area contributed by atoms with Gasteiger partial charge in [0, 0.05) is 0 Å². The van der Waals surface area contributed by atoms with Crippen LogP contribution in [-0.2, 0) is 11.0 Å². The zero-order valence-corrected chi connectivity index (χ0v) is 16.2. The van der Waals surface area contributed by atoms with Crippen molar-refractivity contribution in [3.05, 3.63) is 53.7 Å². The standard InChI is InChI=1S/C20H22F3N3O3/c1-4-29-14-9-6-5-8-13(14)18(27)26-17(12(2)3)19(28)25-16-11-7-10-15(24-16)20(21,22)23/h5-12,17H,4H2,1-3H3,(H,26,27)(H,24,25,28). The van der Waals surface area contributed by atoms with E-state index in [-0.39, 0.29) is 17.3 Å². The Labute approximate surface area is 166 Å². The van der Waals surface area contributed by atoms with E-state index in [0.717, 1.165) is 12.1 Å². The molecule has 0 saturated carbocycles. The van der Waals surface area contributed by atoms with Gasteiger partial charge in [-0.05, 0) is 37.1 Å². The number of rotatable bonds is 7. The number of pyridine rings is 1. The van der Waals surface area contributed by atoms with Crippen molar-refractivity contribution in [3.8, 4) is 5.75 Å². The number of hydrogen-bond donors (Lipinski definition) is 2. The number of aromatic nitrogens is 1. The largest absolute Gasteiger partial charge is 0.493 e. The first-order valence-corrected chi connectivity index (χ1v) is 9.01. The first kappa shape index (κ1) is 22.2. The zero-order valence-electron chi connectivity index (χ0n) is 16.2. The Hall–Kier alpha value is -3.10. The Morgan fingerprint density at radius 2 is 1.79 bits per heavy atom. The molecule has 0 fully saturated rings. The van der Waals surface area contributed by atoms with E-state index >= 15 is 0 Å². The summed E-state index contributed by atoms with van der Waals surface area (Å²) in [6, 6.07) is 8.78. The summed E-state index contributed by atoms with van der Waals surface area (Å²) in [6.07, 6.45) is -4.63. The van der Waals surface area contributed by atoms with E-state index in [1.54, 1.807) is 45.0 Å². The first-order valence-electron chi connectivity index (χ1n) is 9.01. The molecule has 0 bridgehead atoms. The van der Waals surface area contributed by atoms with Crippen molar-refractivity contribution in [1.29, 1.82) is 0 Å². The lowest BCUT2D eigenvalue weighted by atomic mass is 10.0. The lowest BCUT2D eigenvalue weighted by molar-refractivity contribution is -0.141. The zero-order chi connectivity index (χ0) is 21.6. The second-order valence-electron chi connectivity index (χ2n) is 6.52. The molecule has 1 unspecified atom stereocenters. The molecule has 0 spiro atoms. The molecule has 2 amide bonds. The summed E-state index contributed by atoms with van der Waals surface area (Å²) in [5.41, 5.74) is -0.865. The average molecular weight is 409 g/mol. The van der Waals surface area contributed by atoms with Gasteiger partial charge in [-0.1, -0.05) is 32.0 Å². The molecule has 0 saturated heterocycles. The van der Waals surface area contributed by atoms with Crippen molar-refractivity contribution in [2.24, 2.45) is 5.92 Å². The number of nitrogens with zero attached hydrogens (tertiary/aromatic N) is 1. The van der Waals surface area contributed by atoms with Crippen LogP contribution in [0.25, 0.3) is 0 Å². The van der Waals surface area contributed by atoms with E-state index in [9.17, 15) is 22.8 Å². The number of amides is 2. The van der Waals surface area contributed by atoms with Crippen LogP contribution in [0.2, 0.25) is 0 Å². The van der Waals surface area contributed by atoms with Crippen LogP contribution in [0.4, 0.5) is 19.0 Å². The monoisotopic (exact) mass is 409 g/mol. The molecule has 9 heteroatoms. The number of halogens is 3. The molecule has 1 aromatic carbocycles. The molecule has 0 radical (unpaired) electrons. The topological polar surface area (TPSA) is 80.3 Å². The number of anilines is 1. The quantitative estimate of drug-likeness (QED) is 0.727. The van der Waals surface area contributed by atoms with E-state index in [0.29, 0.717) is 12.4 Å². The molecular weight excluding hydrogens is 387 g/mol. The highest BCUT2D eigenvalue weighted by atomic mass is 19.4. The lowest BCUT2D eigenvalue weighted by Gasteiger charge is -2.22. The van der Waals surface area contributed by atoms with Gasteiger partial charge in [-0.2, -0.15) is 13.2 Å². The minimum atomic E-state index is -4.63. The number of benzene rings is 1. The summed E-state index contributed by atoms with van der Waals surface area (Å²) >= 11 is 0. The summed E-state index contributed by atoms with van der Waals surface area (Å²) in [7, 11) is 0. The van der Waals surface area contributed by atoms with Crippen molar-refractivity contribution in [2.75, 3.05) is 11.9 Å². The number of para-hydroxylation sites is 1. The molecule has 156 valence electrons. The van der Waals surface area contributed by atoms with Crippen LogP contribution in [0.3, 0.4) is 0 Å². The molecule has 0 aliphatic heterocycles. The third-order valence-electron chi connectivity index (χ3n) is 3.96. The van der Waals surface area contributed by atoms with E-state index in [1.807, 2.05) is 0 Å². The number of ether oxygens (including phenoxy) is 1. The smallest absolute Gasteiger partial charge is 0.433 e. The van der Waals surface area contributed by atoms with Crippen LogP contribution in [0, 0.1) is 5.92 Å². The third kappa shape index (κ3) is 5.94. The molecule has 1 atom stereocenters. The minimum Gasteiger partial charge on any atom is -0.493 e. The van der Waals surface area contributed by atoms with E-state index in [1.165, 1.54) is 6.07 Å². The van der Waals surface area contributed by atoms with Crippen molar-refractivity contribution in [3.63, 3.8) is 0 Å². The molecule has 2 rings (SSSR count). The van der Waals surface area contributed by atoms with Gasteiger partial charge in [0.15, 0.2) is 0 Å². The van der Waals surface area contributed by atoms with Crippen LogP contribution in [0.1, 0.15) is 36.8 Å². The van der Waals surface area contributed by atoms with Crippen molar-refractivity contribution < 1.29 is 27.5 Å². The van der Waals surface area contributed by atoms with Gasteiger partial charge < -0.3 is 15.4 Å². The molecule has 6 nitrogen and oxygen atoms in total. The SMILES string of the molecule is CCOc1ccccc1C(=O)NC(C(=O)Nc1cccc(C(F)(F)F)n1)C(C)C. The number of alkyl halides is 3. The van der Waals surface area contributed by atoms with E-state index in [4.69, 9.17) is 4.74 Å². The fourth-order valence-electron chi connectivity index (χ4n) is 2.56. The predicted octanol–water partition coefficient (Wildman–Crippen LogP) is 3.89. The highest BCUT2D eigenvalue weighted by molar-refractivity contribution is 6.02. The number of nitrogens with one attached hydrogen (secondary N) is 2. The molecule has 2 N–H and O–H groups in total. The molecular formula is C20H22F3N3O3. The maximum Gasteiger partial charge on any atom is 0.433 e.